The quantitative estimate of drug-likeness (QED) is 0.557. The molecule has 0 unspecified atom stereocenters. The van der Waals surface area contributed by atoms with Crippen LogP contribution in [0, 0.1) is 5.82 Å². The Labute approximate surface area is 158 Å². The summed E-state index contributed by atoms with van der Waals surface area (Å²) in [6.45, 7) is 3.60. The molecular formula is C22H24FNO3. The van der Waals surface area contributed by atoms with Crippen LogP contribution in [0.5, 0.6) is 0 Å². The van der Waals surface area contributed by atoms with E-state index < -0.39 is 0 Å². The second-order valence-electron chi connectivity index (χ2n) is 6.90. The first-order valence-electron chi connectivity index (χ1n) is 9.47. The molecule has 1 aromatic carbocycles. The van der Waals surface area contributed by atoms with Crippen molar-refractivity contribution in [3.63, 3.8) is 0 Å². The highest BCUT2D eigenvalue weighted by Gasteiger charge is 2.19. The summed E-state index contributed by atoms with van der Waals surface area (Å²) in [7, 11) is 0. The molecule has 1 heterocycles. The van der Waals surface area contributed by atoms with Gasteiger partial charge in [-0.15, -0.1) is 0 Å². The van der Waals surface area contributed by atoms with Crippen molar-refractivity contribution in [2.45, 2.75) is 52.4 Å². The van der Waals surface area contributed by atoms with E-state index in [-0.39, 0.29) is 24.0 Å². The van der Waals surface area contributed by atoms with Gasteiger partial charge in [-0.05, 0) is 79.5 Å². The molecule has 0 spiro atoms. The highest BCUT2D eigenvalue weighted by Crippen LogP contribution is 2.32. The molecule has 0 aliphatic heterocycles. The standard InChI is InChI=1S/C22H24FNO3/c1-3-27-22(26)9-8-15-10-16(12-17(23)11-15)19-13-21(14(2)25)24-20-7-5-4-6-18(19)20/h10-13H,3-9H2,1-2H3. The van der Waals surface area contributed by atoms with Gasteiger partial charge < -0.3 is 4.74 Å². The van der Waals surface area contributed by atoms with Gasteiger partial charge in [-0.3, -0.25) is 9.59 Å². The molecule has 27 heavy (non-hydrogen) atoms. The van der Waals surface area contributed by atoms with Crippen molar-refractivity contribution in [1.29, 1.82) is 0 Å². The summed E-state index contributed by atoms with van der Waals surface area (Å²) in [6.07, 6.45) is 4.46. The number of nitrogens with zero attached hydrogens (tertiary/aromatic N) is 1. The number of carbonyl (C=O) groups is 2. The lowest BCUT2D eigenvalue weighted by atomic mass is 9.87. The molecule has 0 saturated heterocycles. The van der Waals surface area contributed by atoms with Crippen LogP contribution in [0.15, 0.2) is 24.3 Å². The maximum atomic E-state index is 14.3. The Kier molecular flexibility index (Phi) is 5.99. The number of aromatic nitrogens is 1. The Morgan fingerprint density at radius 3 is 2.67 bits per heavy atom. The van der Waals surface area contributed by atoms with Gasteiger partial charge in [0.1, 0.15) is 11.5 Å². The number of Topliss-reactive ketones (excluding diaryl/α,β-unsaturated/α-hetero) is 1. The zero-order valence-electron chi connectivity index (χ0n) is 15.8. The fraction of sp³-hybridized carbons (Fsp3) is 0.409. The molecule has 142 valence electrons. The van der Waals surface area contributed by atoms with Crippen LogP contribution in [0.4, 0.5) is 4.39 Å². The van der Waals surface area contributed by atoms with Crippen LogP contribution in [0.3, 0.4) is 0 Å². The number of carbonyl (C=O) groups excluding carboxylic acids is 2. The Hall–Kier alpha value is -2.56. The molecule has 0 atom stereocenters. The van der Waals surface area contributed by atoms with Crippen molar-refractivity contribution >= 4 is 11.8 Å². The average Bonchev–Trinajstić information content (AvgIpc) is 2.65. The van der Waals surface area contributed by atoms with Crippen molar-refractivity contribution in [2.75, 3.05) is 6.61 Å². The summed E-state index contributed by atoms with van der Waals surface area (Å²) in [5, 5.41) is 0. The normalized spacial score (nSPS) is 13.1. The number of benzene rings is 1. The van der Waals surface area contributed by atoms with Crippen LogP contribution in [0.1, 0.15) is 60.4 Å². The van der Waals surface area contributed by atoms with Crippen molar-refractivity contribution < 1.29 is 18.7 Å². The van der Waals surface area contributed by atoms with Crippen molar-refractivity contribution in [3.8, 4) is 11.1 Å². The third-order valence-corrected chi connectivity index (χ3v) is 4.85. The van der Waals surface area contributed by atoms with Gasteiger partial charge in [-0.25, -0.2) is 9.37 Å². The Bertz CT molecular complexity index is 876. The highest BCUT2D eigenvalue weighted by atomic mass is 19.1. The van der Waals surface area contributed by atoms with Gasteiger partial charge in [0.05, 0.1) is 6.61 Å². The van der Waals surface area contributed by atoms with Crippen molar-refractivity contribution in [3.05, 3.63) is 52.6 Å². The molecular weight excluding hydrogens is 345 g/mol. The van der Waals surface area contributed by atoms with Crippen LogP contribution in [0.2, 0.25) is 0 Å². The van der Waals surface area contributed by atoms with E-state index in [4.69, 9.17) is 4.74 Å². The van der Waals surface area contributed by atoms with Crippen LogP contribution in [0.25, 0.3) is 11.1 Å². The van der Waals surface area contributed by atoms with Crippen LogP contribution in [-0.4, -0.2) is 23.3 Å². The summed E-state index contributed by atoms with van der Waals surface area (Å²) in [4.78, 5) is 28.0. The maximum Gasteiger partial charge on any atom is 0.306 e. The number of pyridine rings is 1. The first-order valence-corrected chi connectivity index (χ1v) is 9.47. The lowest BCUT2D eigenvalue weighted by Crippen LogP contribution is -2.11. The zero-order valence-corrected chi connectivity index (χ0v) is 15.8. The van der Waals surface area contributed by atoms with Crippen LogP contribution in [-0.2, 0) is 28.8 Å². The Morgan fingerprint density at radius 1 is 1.15 bits per heavy atom. The molecule has 0 radical (unpaired) electrons. The number of esters is 1. The molecule has 0 amide bonds. The Balaban J connectivity index is 1.99. The molecule has 0 saturated carbocycles. The van der Waals surface area contributed by atoms with Crippen molar-refractivity contribution in [1.82, 2.24) is 4.98 Å². The minimum atomic E-state index is -0.350. The lowest BCUT2D eigenvalue weighted by Gasteiger charge is -2.20. The minimum Gasteiger partial charge on any atom is -0.466 e. The van der Waals surface area contributed by atoms with Gasteiger partial charge in [0.25, 0.3) is 0 Å². The molecule has 0 N–H and O–H groups in total. The molecule has 0 bridgehead atoms. The summed E-state index contributed by atoms with van der Waals surface area (Å²) in [5.41, 5.74) is 4.82. The number of fused-ring (bicyclic) bond motifs is 1. The maximum absolute atomic E-state index is 14.3. The van der Waals surface area contributed by atoms with E-state index >= 15 is 0 Å². The van der Waals surface area contributed by atoms with Gasteiger partial charge in [0.2, 0.25) is 0 Å². The lowest BCUT2D eigenvalue weighted by molar-refractivity contribution is -0.143. The second-order valence-corrected chi connectivity index (χ2v) is 6.90. The molecule has 2 aromatic rings. The average molecular weight is 369 g/mol. The summed E-state index contributed by atoms with van der Waals surface area (Å²) in [6, 6.07) is 6.61. The molecule has 5 heteroatoms. The monoisotopic (exact) mass is 369 g/mol. The molecule has 1 aliphatic carbocycles. The number of ether oxygens (including phenoxy) is 1. The van der Waals surface area contributed by atoms with Gasteiger partial charge in [-0.1, -0.05) is 6.07 Å². The topological polar surface area (TPSA) is 56.3 Å². The fourth-order valence-corrected chi connectivity index (χ4v) is 3.57. The summed E-state index contributed by atoms with van der Waals surface area (Å²) < 4.78 is 19.2. The number of hydrogen-bond acceptors (Lipinski definition) is 4. The van der Waals surface area contributed by atoms with Gasteiger partial charge in [0.15, 0.2) is 5.78 Å². The van der Waals surface area contributed by atoms with E-state index in [0.717, 1.165) is 53.6 Å². The predicted octanol–water partition coefficient (Wildman–Crippen LogP) is 4.46. The number of rotatable bonds is 6. The van der Waals surface area contributed by atoms with Crippen LogP contribution >= 0.6 is 0 Å². The zero-order chi connectivity index (χ0) is 19.4. The molecule has 0 fully saturated rings. The molecule has 3 rings (SSSR count). The van der Waals surface area contributed by atoms with E-state index in [0.29, 0.717) is 18.7 Å². The smallest absolute Gasteiger partial charge is 0.306 e. The first kappa shape index (κ1) is 19.2. The predicted molar refractivity (Wildman–Crippen MR) is 101 cm³/mol. The SMILES string of the molecule is CCOC(=O)CCc1cc(F)cc(-c2cc(C(C)=O)nc3c2CCCC3)c1. The van der Waals surface area contributed by atoms with Crippen LogP contribution < -0.4 is 0 Å². The number of halogens is 1. The van der Waals surface area contributed by atoms with E-state index in [2.05, 4.69) is 4.98 Å². The second kappa shape index (κ2) is 8.42. The summed E-state index contributed by atoms with van der Waals surface area (Å²) in [5.74, 6) is -0.732. The van der Waals surface area contributed by atoms with Crippen molar-refractivity contribution in [2.24, 2.45) is 0 Å². The largest absolute Gasteiger partial charge is 0.466 e. The van der Waals surface area contributed by atoms with E-state index in [1.54, 1.807) is 13.0 Å². The third kappa shape index (κ3) is 4.59. The Morgan fingerprint density at radius 2 is 1.93 bits per heavy atom. The molecule has 4 nitrogen and oxygen atoms in total. The van der Waals surface area contributed by atoms with E-state index in [1.807, 2.05) is 6.07 Å². The molecule has 1 aliphatic rings. The summed E-state index contributed by atoms with van der Waals surface area (Å²) >= 11 is 0. The first-order chi connectivity index (χ1) is 13.0. The number of aryl methyl sites for hydroxylation is 2. The fourth-order valence-electron chi connectivity index (χ4n) is 3.57. The van der Waals surface area contributed by atoms with E-state index in [9.17, 15) is 14.0 Å². The number of ketones is 1. The molecule has 1 aromatic heterocycles. The van der Waals surface area contributed by atoms with Gasteiger partial charge in [-0.2, -0.15) is 0 Å². The highest BCUT2D eigenvalue weighted by molar-refractivity contribution is 5.94. The van der Waals surface area contributed by atoms with E-state index in [1.165, 1.54) is 19.1 Å². The number of hydrogen-bond donors (Lipinski definition) is 0. The van der Waals surface area contributed by atoms with Gasteiger partial charge in [0, 0.05) is 19.0 Å². The third-order valence-electron chi connectivity index (χ3n) is 4.85. The minimum absolute atomic E-state index is 0.0939. The van der Waals surface area contributed by atoms with Gasteiger partial charge >= 0.3 is 5.97 Å².